The van der Waals surface area contributed by atoms with Crippen molar-refractivity contribution in [2.24, 2.45) is 5.92 Å². The van der Waals surface area contributed by atoms with Crippen molar-refractivity contribution >= 4 is 11.8 Å². The van der Waals surface area contributed by atoms with Crippen LogP contribution >= 0.6 is 0 Å². The molecule has 1 saturated heterocycles. The Kier molecular flexibility index (Phi) is 7.00. The second-order valence-corrected chi connectivity index (χ2v) is 5.90. The summed E-state index contributed by atoms with van der Waals surface area (Å²) in [4.78, 5) is 23.4. The van der Waals surface area contributed by atoms with Crippen molar-refractivity contribution in [2.45, 2.75) is 25.7 Å². The zero-order valence-corrected chi connectivity index (χ0v) is 13.2. The molecule has 0 aromatic heterocycles. The lowest BCUT2D eigenvalue weighted by atomic mass is 10.0. The molecule has 1 aliphatic rings. The molecule has 0 bridgehead atoms. The summed E-state index contributed by atoms with van der Waals surface area (Å²) in [6, 6.07) is 5.98. The molecule has 1 heterocycles. The summed E-state index contributed by atoms with van der Waals surface area (Å²) in [5.41, 5.74) is 0.636. The van der Waals surface area contributed by atoms with Crippen LogP contribution in [-0.2, 0) is 16.0 Å². The van der Waals surface area contributed by atoms with Crippen LogP contribution in [0.3, 0.4) is 0 Å². The molecule has 126 valence electrons. The van der Waals surface area contributed by atoms with Crippen molar-refractivity contribution in [1.82, 2.24) is 16.0 Å². The summed E-state index contributed by atoms with van der Waals surface area (Å²) in [7, 11) is 0. The molecular weight excluding hydrogens is 297 g/mol. The minimum atomic E-state index is -0.347. The zero-order valence-electron chi connectivity index (χ0n) is 13.2. The van der Waals surface area contributed by atoms with Crippen LogP contribution in [0.25, 0.3) is 0 Å². The number of halogens is 1. The molecule has 1 aromatic carbocycles. The van der Waals surface area contributed by atoms with Crippen LogP contribution in [0.5, 0.6) is 0 Å². The minimum Gasteiger partial charge on any atom is -0.354 e. The Morgan fingerprint density at radius 2 is 2.00 bits per heavy atom. The van der Waals surface area contributed by atoms with Gasteiger partial charge in [0, 0.05) is 19.5 Å². The van der Waals surface area contributed by atoms with Crippen molar-refractivity contribution < 1.29 is 14.0 Å². The number of rotatable bonds is 8. The van der Waals surface area contributed by atoms with Gasteiger partial charge in [-0.3, -0.25) is 9.59 Å². The summed E-state index contributed by atoms with van der Waals surface area (Å²) in [5, 5.41) is 8.80. The molecule has 3 N–H and O–H groups in total. The fourth-order valence-corrected chi connectivity index (χ4v) is 2.68. The first-order valence-electron chi connectivity index (χ1n) is 8.12. The second-order valence-electron chi connectivity index (χ2n) is 5.90. The van der Waals surface area contributed by atoms with E-state index in [0.29, 0.717) is 31.0 Å². The van der Waals surface area contributed by atoms with Crippen LogP contribution in [0.1, 0.15) is 24.8 Å². The Balaban J connectivity index is 1.54. The van der Waals surface area contributed by atoms with Gasteiger partial charge >= 0.3 is 0 Å². The average Bonchev–Trinajstić information content (AvgIpc) is 3.03. The Bertz CT molecular complexity index is 530. The zero-order chi connectivity index (χ0) is 16.5. The highest BCUT2D eigenvalue weighted by Crippen LogP contribution is 2.13. The van der Waals surface area contributed by atoms with E-state index >= 15 is 0 Å². The van der Waals surface area contributed by atoms with E-state index in [0.717, 1.165) is 25.9 Å². The SMILES string of the molecule is O=C(CCC1CCNC1)NCCNC(=O)Cc1cccc(F)c1. The molecule has 0 spiro atoms. The molecule has 1 fully saturated rings. The minimum absolute atomic E-state index is 0.0243. The molecule has 1 aliphatic heterocycles. The fraction of sp³-hybridized carbons (Fsp3) is 0.529. The Morgan fingerprint density at radius 1 is 1.22 bits per heavy atom. The van der Waals surface area contributed by atoms with Crippen LogP contribution < -0.4 is 16.0 Å². The number of nitrogens with one attached hydrogen (secondary N) is 3. The molecular formula is C17H24FN3O2. The number of benzene rings is 1. The third kappa shape index (κ3) is 6.78. The summed E-state index contributed by atoms with van der Waals surface area (Å²) in [6.45, 7) is 2.84. The molecule has 5 nitrogen and oxygen atoms in total. The molecule has 1 unspecified atom stereocenters. The highest BCUT2D eigenvalue weighted by Gasteiger charge is 2.15. The molecule has 1 aromatic rings. The predicted molar refractivity (Wildman–Crippen MR) is 86.3 cm³/mol. The fourth-order valence-electron chi connectivity index (χ4n) is 2.68. The van der Waals surface area contributed by atoms with Crippen molar-refractivity contribution in [3.05, 3.63) is 35.6 Å². The maximum atomic E-state index is 13.0. The van der Waals surface area contributed by atoms with Crippen molar-refractivity contribution in [3.8, 4) is 0 Å². The van der Waals surface area contributed by atoms with Gasteiger partial charge in [-0.15, -0.1) is 0 Å². The standard InChI is InChI=1S/C17H24FN3O2/c18-15-3-1-2-14(10-15)11-17(23)21-9-8-20-16(22)5-4-13-6-7-19-12-13/h1-3,10,13,19H,4-9,11-12H2,(H,20,22)(H,21,23). The smallest absolute Gasteiger partial charge is 0.224 e. The molecule has 0 saturated carbocycles. The number of carbonyl (C=O) groups is 2. The normalized spacial score (nSPS) is 17.0. The molecule has 6 heteroatoms. The maximum absolute atomic E-state index is 13.0. The van der Waals surface area contributed by atoms with Crippen molar-refractivity contribution in [3.63, 3.8) is 0 Å². The lowest BCUT2D eigenvalue weighted by Crippen LogP contribution is -2.35. The molecule has 23 heavy (non-hydrogen) atoms. The summed E-state index contributed by atoms with van der Waals surface area (Å²) in [6.07, 6.45) is 2.72. The van der Waals surface area contributed by atoms with Gasteiger partial charge in [-0.1, -0.05) is 12.1 Å². The molecule has 0 aliphatic carbocycles. The summed E-state index contributed by atoms with van der Waals surface area (Å²) < 4.78 is 13.0. The summed E-state index contributed by atoms with van der Waals surface area (Å²) in [5.74, 6) is 0.102. The average molecular weight is 321 g/mol. The van der Waals surface area contributed by atoms with Crippen molar-refractivity contribution in [2.75, 3.05) is 26.2 Å². The number of amides is 2. The molecule has 2 amide bonds. The van der Waals surface area contributed by atoms with Crippen LogP contribution in [0.4, 0.5) is 4.39 Å². The van der Waals surface area contributed by atoms with Gasteiger partial charge in [-0.05, 0) is 49.5 Å². The lowest BCUT2D eigenvalue weighted by Gasteiger charge is -2.09. The van der Waals surface area contributed by atoms with Gasteiger partial charge in [0.25, 0.3) is 0 Å². The Morgan fingerprint density at radius 3 is 2.70 bits per heavy atom. The first-order chi connectivity index (χ1) is 11.1. The van der Waals surface area contributed by atoms with E-state index in [1.165, 1.54) is 12.1 Å². The number of hydrogen-bond acceptors (Lipinski definition) is 3. The van der Waals surface area contributed by atoms with Crippen LogP contribution in [-0.4, -0.2) is 38.0 Å². The molecule has 2 rings (SSSR count). The second kappa shape index (κ2) is 9.25. The lowest BCUT2D eigenvalue weighted by molar-refractivity contribution is -0.122. The number of carbonyl (C=O) groups excluding carboxylic acids is 2. The van der Waals surface area contributed by atoms with Gasteiger partial charge in [0.1, 0.15) is 5.82 Å². The highest BCUT2D eigenvalue weighted by atomic mass is 19.1. The largest absolute Gasteiger partial charge is 0.354 e. The van der Waals surface area contributed by atoms with E-state index in [4.69, 9.17) is 0 Å². The maximum Gasteiger partial charge on any atom is 0.224 e. The van der Waals surface area contributed by atoms with E-state index in [9.17, 15) is 14.0 Å². The monoisotopic (exact) mass is 321 g/mol. The van der Waals surface area contributed by atoms with Gasteiger partial charge in [-0.2, -0.15) is 0 Å². The van der Waals surface area contributed by atoms with Crippen LogP contribution in [0.15, 0.2) is 24.3 Å². The third-order valence-electron chi connectivity index (χ3n) is 3.97. The quantitative estimate of drug-likeness (QED) is 0.626. The third-order valence-corrected chi connectivity index (χ3v) is 3.97. The van der Waals surface area contributed by atoms with E-state index in [2.05, 4.69) is 16.0 Å². The summed E-state index contributed by atoms with van der Waals surface area (Å²) >= 11 is 0. The number of hydrogen-bond donors (Lipinski definition) is 3. The van der Waals surface area contributed by atoms with Gasteiger partial charge in [0.05, 0.1) is 6.42 Å². The molecule has 1 atom stereocenters. The van der Waals surface area contributed by atoms with Gasteiger partial charge < -0.3 is 16.0 Å². The predicted octanol–water partition coefficient (Wildman–Crippen LogP) is 0.990. The first-order valence-corrected chi connectivity index (χ1v) is 8.12. The van der Waals surface area contributed by atoms with E-state index in [1.54, 1.807) is 12.1 Å². The van der Waals surface area contributed by atoms with Gasteiger partial charge in [0.2, 0.25) is 11.8 Å². The van der Waals surface area contributed by atoms with E-state index < -0.39 is 0 Å². The van der Waals surface area contributed by atoms with Crippen molar-refractivity contribution in [1.29, 1.82) is 0 Å². The van der Waals surface area contributed by atoms with Gasteiger partial charge in [0.15, 0.2) is 0 Å². The highest BCUT2D eigenvalue weighted by molar-refractivity contribution is 5.79. The van der Waals surface area contributed by atoms with Crippen LogP contribution in [0, 0.1) is 11.7 Å². The first kappa shape index (κ1) is 17.4. The topological polar surface area (TPSA) is 70.2 Å². The Labute approximate surface area is 136 Å². The van der Waals surface area contributed by atoms with E-state index in [-0.39, 0.29) is 24.1 Å². The van der Waals surface area contributed by atoms with Crippen LogP contribution in [0.2, 0.25) is 0 Å². The van der Waals surface area contributed by atoms with Gasteiger partial charge in [-0.25, -0.2) is 4.39 Å². The molecule has 0 radical (unpaired) electrons. The van der Waals surface area contributed by atoms with E-state index in [1.807, 2.05) is 0 Å². The Hall–Kier alpha value is -1.95.